The number of aliphatic carboxylic acids is 1. The van der Waals surface area contributed by atoms with Crippen molar-refractivity contribution in [3.05, 3.63) is 71.9 Å². The van der Waals surface area contributed by atoms with E-state index in [1.807, 2.05) is 6.07 Å². The van der Waals surface area contributed by atoms with Gasteiger partial charge >= 0.3 is 5.97 Å². The molecule has 0 bridgehead atoms. The van der Waals surface area contributed by atoms with Gasteiger partial charge in [-0.1, -0.05) is 89.1 Å². The van der Waals surface area contributed by atoms with Crippen LogP contribution in [0.4, 0.5) is 0 Å². The first kappa shape index (κ1) is 74.1. The van der Waals surface area contributed by atoms with Crippen LogP contribution in [0.5, 0.6) is 0 Å². The number of hydrogen-bond acceptors (Lipinski definition) is 15. The van der Waals surface area contributed by atoms with E-state index in [0.717, 1.165) is 0 Å². The van der Waals surface area contributed by atoms with Crippen LogP contribution < -0.4 is 82.3 Å². The van der Waals surface area contributed by atoms with Crippen molar-refractivity contribution in [1.82, 2.24) is 52.8 Å². The van der Waals surface area contributed by atoms with Crippen molar-refractivity contribution >= 4 is 87.8 Å². The number of rotatable bonds is 42. The number of H-pyrrole nitrogens is 1. The molecule has 0 saturated heterocycles. The highest BCUT2D eigenvalue weighted by molar-refractivity contribution is 5.99. The average molecular weight is 1250 g/mol. The molecule has 0 aliphatic rings. The Morgan fingerprint density at radius 2 is 0.944 bits per heavy atom. The lowest BCUT2D eigenvalue weighted by atomic mass is 9.95. The van der Waals surface area contributed by atoms with Gasteiger partial charge < -0.3 is 92.3 Å². The fraction of sp³-hybridized carbons (Fsp3) is 0.542. The zero-order valence-corrected chi connectivity index (χ0v) is 51.2. The first-order chi connectivity index (χ1) is 42.2. The van der Waals surface area contributed by atoms with Gasteiger partial charge in [0.15, 0.2) is 5.96 Å². The summed E-state index contributed by atoms with van der Waals surface area (Å²) < 4.78 is 0. The number of primary amides is 3. The molecular weight excluding hydrogens is 1150 g/mol. The number of likely N-dealkylation sites (N-methyl/N-ethyl adjacent to an activating group) is 1. The number of aromatic nitrogens is 1. The molecule has 0 saturated carbocycles. The second-order valence-corrected chi connectivity index (χ2v) is 22.0. The molecule has 30 heteroatoms. The Kier molecular flexibility index (Phi) is 31.8. The Balaban J connectivity index is 2.04. The van der Waals surface area contributed by atoms with Crippen molar-refractivity contribution in [2.75, 3.05) is 20.1 Å². The standard InChI is InChI=1S/C59H91N17O13/c1-6-32(3)48(57(87)71-40(23-25-46(62)78)50(80)72-41(58(88)89)21-15-27-67-59(64)65)75-52(82)38(20-13-14-26-60)70-56(86)49(33(4)7-2)76-55(85)44(29-35-31-68-37-19-12-11-18-36(35)37)74-54(84)43(28-34-16-9-8-10-17-34)73-51(81)39(22-24-45(61)77)69-53(83)42(66-5)30-47(63)79/h8-12,16-19,31-33,38-44,48-49,66,68H,6-7,13-15,20-30,60H2,1-5H3,(H2,61,77)(H2,62,78)(H2,63,79)(H,69,83)(H,70,86)(H,71,87)(H,72,80)(H,73,81)(H,74,84)(H,75,82)(H,76,85)(H,88,89)(H4,64,65,67)/t32?,33?,38-,39-,40-,41+,42-,43-,44-,48-,49-/m1/s1. The van der Waals surface area contributed by atoms with Gasteiger partial charge in [0.2, 0.25) is 65.0 Å². The molecule has 490 valence electrons. The number of unbranched alkanes of at least 4 members (excludes halogenated alkanes) is 1. The molecule has 3 rings (SSSR count). The van der Waals surface area contributed by atoms with Crippen LogP contribution in [0.25, 0.3) is 10.9 Å². The Morgan fingerprint density at radius 1 is 0.506 bits per heavy atom. The van der Waals surface area contributed by atoms with Crippen molar-refractivity contribution in [2.24, 2.45) is 51.2 Å². The van der Waals surface area contributed by atoms with Crippen molar-refractivity contribution < 1.29 is 62.6 Å². The molecule has 1 aromatic heterocycles. The lowest BCUT2D eigenvalue weighted by molar-refractivity contribution is -0.142. The zero-order valence-electron chi connectivity index (χ0n) is 51.2. The van der Waals surface area contributed by atoms with Gasteiger partial charge in [-0.3, -0.25) is 57.7 Å². The number of carbonyl (C=O) groups is 12. The number of nitrogens with one attached hydrogen (secondary N) is 10. The number of benzene rings is 2. The van der Waals surface area contributed by atoms with Crippen LogP contribution in [0.2, 0.25) is 0 Å². The summed E-state index contributed by atoms with van der Waals surface area (Å²) in [6.07, 6.45) is 0.894. The molecule has 0 aliphatic heterocycles. The van der Waals surface area contributed by atoms with Gasteiger partial charge in [-0.2, -0.15) is 0 Å². The van der Waals surface area contributed by atoms with Crippen molar-refractivity contribution in [3.8, 4) is 0 Å². The molecule has 11 atom stereocenters. The normalized spacial score (nSPS) is 14.8. The summed E-state index contributed by atoms with van der Waals surface area (Å²) in [5, 5.41) is 34.5. The van der Waals surface area contributed by atoms with Gasteiger partial charge in [-0.25, -0.2) is 4.79 Å². The summed E-state index contributed by atoms with van der Waals surface area (Å²) in [4.78, 5) is 170. The van der Waals surface area contributed by atoms with Crippen molar-refractivity contribution in [2.45, 2.75) is 172 Å². The third-order valence-electron chi connectivity index (χ3n) is 15.1. The molecule has 0 aliphatic carbocycles. The number of para-hydroxylation sites is 1. The van der Waals surface area contributed by atoms with E-state index >= 15 is 4.79 Å². The smallest absolute Gasteiger partial charge is 0.326 e. The topological polar surface area (TPSA) is 518 Å². The van der Waals surface area contributed by atoms with Gasteiger partial charge in [0.05, 0.1) is 12.5 Å². The van der Waals surface area contributed by atoms with E-state index in [1.54, 1.807) is 82.4 Å². The lowest BCUT2D eigenvalue weighted by Gasteiger charge is -2.31. The van der Waals surface area contributed by atoms with E-state index in [9.17, 15) is 57.8 Å². The summed E-state index contributed by atoms with van der Waals surface area (Å²) >= 11 is 0. The molecule has 30 nitrogen and oxygen atoms in total. The second-order valence-electron chi connectivity index (χ2n) is 22.0. The van der Waals surface area contributed by atoms with Gasteiger partial charge in [0.1, 0.15) is 48.3 Å². The first-order valence-electron chi connectivity index (χ1n) is 29.8. The molecule has 89 heavy (non-hydrogen) atoms. The zero-order chi connectivity index (χ0) is 66.3. The summed E-state index contributed by atoms with van der Waals surface area (Å²) in [5.41, 5.74) is 34.6. The van der Waals surface area contributed by atoms with Crippen LogP contribution in [0.15, 0.2) is 65.8 Å². The van der Waals surface area contributed by atoms with Crippen molar-refractivity contribution in [3.63, 3.8) is 0 Å². The van der Waals surface area contributed by atoms with Gasteiger partial charge in [0, 0.05) is 49.3 Å². The fourth-order valence-corrected chi connectivity index (χ4v) is 9.47. The second kappa shape index (κ2) is 38.2. The number of fused-ring (bicyclic) bond motifs is 1. The van der Waals surface area contributed by atoms with Crippen LogP contribution in [-0.2, 0) is 70.4 Å². The minimum Gasteiger partial charge on any atom is -0.480 e. The van der Waals surface area contributed by atoms with Crippen LogP contribution in [0, 0.1) is 11.8 Å². The SMILES string of the molecule is CCC(C)[C@@H](NC(=O)[C@@H](CCCCN)NC(=O)[C@H](NC(=O)[C@@H](Cc1c[nH]c2ccccc12)NC(=O)[C@@H](Cc1ccccc1)NC(=O)[C@@H](CCC(N)=O)NC(=O)[C@@H](CC(N)=O)NC)C(C)CC)C(=O)N[C@H](CCC(N)=O)C(=O)N[C@@H](CCCN=C(N)N)C(=O)O. The quantitative estimate of drug-likeness (QED) is 0.0155. The molecule has 2 aromatic carbocycles. The maximum Gasteiger partial charge on any atom is 0.326 e. The van der Waals surface area contributed by atoms with Crippen molar-refractivity contribution in [1.29, 1.82) is 0 Å². The molecule has 0 radical (unpaired) electrons. The van der Waals surface area contributed by atoms with Crippen LogP contribution in [-0.4, -0.2) is 162 Å². The maximum atomic E-state index is 15.0. The molecule has 2 unspecified atom stereocenters. The largest absolute Gasteiger partial charge is 0.480 e. The lowest BCUT2D eigenvalue weighted by Crippen LogP contribution is -2.62. The first-order valence-corrected chi connectivity index (χ1v) is 29.8. The predicted octanol–water partition coefficient (Wildman–Crippen LogP) is -2.81. The number of carboxylic acids is 1. The summed E-state index contributed by atoms with van der Waals surface area (Å²) in [5.74, 6) is -12.2. The van der Waals surface area contributed by atoms with E-state index in [1.165, 1.54) is 7.05 Å². The van der Waals surface area contributed by atoms with Crippen LogP contribution in [0.3, 0.4) is 0 Å². The number of guanidine groups is 1. The third kappa shape index (κ3) is 25.6. The number of nitrogens with zero attached hydrogens (tertiary/aromatic N) is 1. The van der Waals surface area contributed by atoms with E-state index < -0.39 is 150 Å². The number of aromatic amines is 1. The molecule has 1 heterocycles. The van der Waals surface area contributed by atoms with Gasteiger partial charge in [-0.15, -0.1) is 0 Å². The fourth-order valence-electron chi connectivity index (χ4n) is 9.47. The summed E-state index contributed by atoms with van der Waals surface area (Å²) in [7, 11) is 1.40. The average Bonchev–Trinajstić information content (AvgIpc) is 3.96. The minimum atomic E-state index is -1.50. The molecule has 23 N–H and O–H groups in total. The number of carboxylic acid groups (broad SMARTS) is 1. The number of carbonyl (C=O) groups excluding carboxylic acids is 11. The Labute approximate surface area is 516 Å². The summed E-state index contributed by atoms with van der Waals surface area (Å²) in [6, 6.07) is 3.14. The number of nitrogens with two attached hydrogens (primary N) is 6. The third-order valence-corrected chi connectivity index (χ3v) is 15.1. The Bertz CT molecular complexity index is 2920. The van der Waals surface area contributed by atoms with E-state index in [4.69, 9.17) is 34.4 Å². The monoisotopic (exact) mass is 1250 g/mol. The van der Waals surface area contributed by atoms with E-state index in [0.29, 0.717) is 47.7 Å². The van der Waals surface area contributed by atoms with E-state index in [-0.39, 0.29) is 70.4 Å². The van der Waals surface area contributed by atoms with E-state index in [2.05, 4.69) is 57.8 Å². The molecule has 3 aromatic rings. The highest BCUT2D eigenvalue weighted by Crippen LogP contribution is 2.21. The Hall–Kier alpha value is -9.19. The van der Waals surface area contributed by atoms with Gasteiger partial charge in [0.25, 0.3) is 0 Å². The number of amides is 11. The Morgan fingerprint density at radius 3 is 1.44 bits per heavy atom. The highest BCUT2D eigenvalue weighted by atomic mass is 16.4. The maximum absolute atomic E-state index is 15.0. The molecule has 0 fully saturated rings. The predicted molar refractivity (Wildman–Crippen MR) is 330 cm³/mol. The highest BCUT2D eigenvalue weighted by Gasteiger charge is 2.38. The van der Waals surface area contributed by atoms with Crippen LogP contribution in [0.1, 0.15) is 116 Å². The number of hydrogen-bond donors (Lipinski definition) is 17. The number of aliphatic imine (C=N–C) groups is 1. The van der Waals surface area contributed by atoms with Gasteiger partial charge in [-0.05, 0) is 87.6 Å². The van der Waals surface area contributed by atoms with Crippen LogP contribution >= 0.6 is 0 Å². The molecular formula is C59H91N17O13. The molecule has 0 spiro atoms. The molecule has 11 amide bonds. The minimum absolute atomic E-state index is 0.00151. The summed E-state index contributed by atoms with van der Waals surface area (Å²) in [6.45, 7) is 7.13.